The van der Waals surface area contributed by atoms with E-state index in [9.17, 15) is 0 Å². The van der Waals surface area contributed by atoms with Gasteiger partial charge < -0.3 is 4.74 Å². The number of aromatic nitrogens is 3. The van der Waals surface area contributed by atoms with Crippen LogP contribution in [0.25, 0.3) is 0 Å². The third kappa shape index (κ3) is 3.74. The molecule has 5 rings (SSSR count). The minimum atomic E-state index is 0.0520. The molecule has 0 spiro atoms. The van der Waals surface area contributed by atoms with Crippen molar-refractivity contribution < 1.29 is 4.74 Å². The van der Waals surface area contributed by atoms with E-state index in [0.29, 0.717) is 12.4 Å². The summed E-state index contributed by atoms with van der Waals surface area (Å²) in [5, 5.41) is 14.5. The molecule has 0 unspecified atom stereocenters. The maximum Gasteiger partial charge on any atom is 0.213 e. The lowest BCUT2D eigenvalue weighted by Crippen LogP contribution is -2.19. The highest BCUT2D eigenvalue weighted by Crippen LogP contribution is 2.40. The Labute approximate surface area is 179 Å². The Morgan fingerprint density at radius 1 is 0.867 bits per heavy atom. The van der Waals surface area contributed by atoms with Gasteiger partial charge in [-0.25, -0.2) is 0 Å². The Balaban J connectivity index is 1.49. The van der Waals surface area contributed by atoms with Crippen LogP contribution < -0.4 is 4.74 Å². The predicted octanol–water partition coefficient (Wildman–Crippen LogP) is 5.26. The second kappa shape index (κ2) is 8.16. The number of hydrogen-bond acceptors (Lipinski definition) is 5. The second-order valence-electron chi connectivity index (χ2n) is 7.07. The van der Waals surface area contributed by atoms with Gasteiger partial charge in [0.2, 0.25) is 5.16 Å². The number of rotatable bonds is 5. The summed E-state index contributed by atoms with van der Waals surface area (Å²) in [4.78, 5) is 0. The van der Waals surface area contributed by atoms with Gasteiger partial charge in [0.25, 0.3) is 0 Å². The van der Waals surface area contributed by atoms with E-state index in [0.717, 1.165) is 22.2 Å². The lowest BCUT2D eigenvalue weighted by atomic mass is 10.0. The first-order chi connectivity index (χ1) is 14.8. The molecule has 1 atom stereocenters. The van der Waals surface area contributed by atoms with Crippen LogP contribution in [-0.2, 0) is 6.61 Å². The highest BCUT2D eigenvalue weighted by atomic mass is 32.2. The van der Waals surface area contributed by atoms with Gasteiger partial charge in [-0.1, -0.05) is 90.1 Å². The lowest BCUT2D eigenvalue weighted by Gasteiger charge is -2.23. The molecule has 1 aliphatic rings. The largest absolute Gasteiger partial charge is 0.486 e. The Bertz CT molecular complexity index is 1170. The summed E-state index contributed by atoms with van der Waals surface area (Å²) in [5.74, 6) is 1.48. The van der Waals surface area contributed by atoms with Crippen LogP contribution in [0.3, 0.4) is 0 Å². The van der Waals surface area contributed by atoms with Gasteiger partial charge >= 0.3 is 0 Å². The number of thioether (sulfide) groups is 1. The van der Waals surface area contributed by atoms with Crippen molar-refractivity contribution in [2.45, 2.75) is 23.9 Å². The number of nitrogens with zero attached hydrogens (tertiary/aromatic N) is 4. The van der Waals surface area contributed by atoms with Crippen molar-refractivity contribution in [3.05, 3.63) is 107 Å². The molecule has 3 aromatic carbocycles. The summed E-state index contributed by atoms with van der Waals surface area (Å²) in [7, 11) is 0. The molecule has 1 aliphatic heterocycles. The van der Waals surface area contributed by atoms with Gasteiger partial charge in [0.05, 0.1) is 11.0 Å². The lowest BCUT2D eigenvalue weighted by molar-refractivity contribution is 0.289. The molecular weight excluding hydrogens is 392 g/mol. The van der Waals surface area contributed by atoms with Crippen molar-refractivity contribution >= 4 is 17.5 Å². The summed E-state index contributed by atoms with van der Waals surface area (Å²) >= 11 is 1.66. The van der Waals surface area contributed by atoms with Crippen LogP contribution in [0.4, 0.5) is 0 Å². The fraction of sp³-hybridized carbons (Fsp3) is 0.125. The van der Waals surface area contributed by atoms with E-state index in [1.165, 1.54) is 11.1 Å². The molecule has 6 heteroatoms. The molecule has 0 aliphatic carbocycles. The van der Waals surface area contributed by atoms with Crippen LogP contribution in [0.15, 0.2) is 95.2 Å². The Kier molecular flexibility index (Phi) is 5.07. The summed E-state index contributed by atoms with van der Waals surface area (Å²) in [6, 6.07) is 28.6. The zero-order valence-electron chi connectivity index (χ0n) is 16.5. The van der Waals surface area contributed by atoms with Gasteiger partial charge in [-0.15, -0.1) is 10.2 Å². The SMILES string of the molecule is Cc1ccc(OCc2nnc3n2N=C(c2ccccc2)[C@H](c2ccccc2)S3)cc1. The molecule has 4 aromatic rings. The van der Waals surface area contributed by atoms with Gasteiger partial charge in [-0.2, -0.15) is 9.78 Å². The molecule has 1 aromatic heterocycles. The van der Waals surface area contributed by atoms with Crippen LogP contribution in [0.5, 0.6) is 5.75 Å². The van der Waals surface area contributed by atoms with E-state index in [1.807, 2.05) is 48.5 Å². The fourth-order valence-corrected chi connectivity index (χ4v) is 4.47. The van der Waals surface area contributed by atoms with E-state index in [1.54, 1.807) is 16.4 Å². The highest BCUT2D eigenvalue weighted by molar-refractivity contribution is 8.00. The van der Waals surface area contributed by atoms with Crippen LogP contribution in [-0.4, -0.2) is 20.6 Å². The van der Waals surface area contributed by atoms with Gasteiger partial charge in [-0.3, -0.25) is 0 Å². The van der Waals surface area contributed by atoms with Crippen molar-refractivity contribution in [1.29, 1.82) is 0 Å². The average molecular weight is 413 g/mol. The third-order valence-corrected chi connectivity index (χ3v) is 6.11. The quantitative estimate of drug-likeness (QED) is 0.448. The molecular formula is C24H20N4OS. The maximum atomic E-state index is 5.92. The summed E-state index contributed by atoms with van der Waals surface area (Å²) < 4.78 is 7.73. The van der Waals surface area contributed by atoms with Crippen molar-refractivity contribution in [1.82, 2.24) is 14.9 Å². The van der Waals surface area contributed by atoms with E-state index >= 15 is 0 Å². The Hall–Kier alpha value is -3.38. The van der Waals surface area contributed by atoms with Crippen LogP contribution in [0.2, 0.25) is 0 Å². The van der Waals surface area contributed by atoms with E-state index < -0.39 is 0 Å². The number of aryl methyl sites for hydroxylation is 1. The molecule has 0 fully saturated rings. The van der Waals surface area contributed by atoms with Gasteiger partial charge in [0, 0.05) is 0 Å². The first-order valence-electron chi connectivity index (χ1n) is 9.77. The summed E-state index contributed by atoms with van der Waals surface area (Å²) in [6.45, 7) is 2.36. The monoisotopic (exact) mass is 412 g/mol. The smallest absolute Gasteiger partial charge is 0.213 e. The Morgan fingerprint density at radius 2 is 1.57 bits per heavy atom. The predicted molar refractivity (Wildman–Crippen MR) is 119 cm³/mol. The average Bonchev–Trinajstić information content (AvgIpc) is 3.21. The van der Waals surface area contributed by atoms with Crippen molar-refractivity contribution in [2.24, 2.45) is 5.10 Å². The first-order valence-corrected chi connectivity index (χ1v) is 10.7. The van der Waals surface area contributed by atoms with Crippen molar-refractivity contribution in [2.75, 3.05) is 0 Å². The molecule has 0 N–H and O–H groups in total. The molecule has 0 saturated heterocycles. The van der Waals surface area contributed by atoms with E-state index in [2.05, 4.69) is 53.5 Å². The van der Waals surface area contributed by atoms with Crippen LogP contribution in [0, 0.1) is 6.92 Å². The topological polar surface area (TPSA) is 52.3 Å². The number of ether oxygens (including phenoxy) is 1. The Morgan fingerprint density at radius 3 is 2.30 bits per heavy atom. The number of fused-ring (bicyclic) bond motifs is 1. The molecule has 0 saturated carbocycles. The minimum absolute atomic E-state index is 0.0520. The summed E-state index contributed by atoms with van der Waals surface area (Å²) in [5.41, 5.74) is 4.46. The van der Waals surface area contributed by atoms with Gasteiger partial charge in [0.1, 0.15) is 12.4 Å². The molecule has 148 valence electrons. The molecule has 5 nitrogen and oxygen atoms in total. The number of hydrogen-bond donors (Lipinski definition) is 0. The second-order valence-corrected chi connectivity index (χ2v) is 8.14. The zero-order valence-corrected chi connectivity index (χ0v) is 17.3. The summed E-state index contributed by atoms with van der Waals surface area (Å²) in [6.07, 6.45) is 0. The molecule has 0 amide bonds. The molecule has 0 bridgehead atoms. The first kappa shape index (κ1) is 18.6. The zero-order chi connectivity index (χ0) is 20.3. The minimum Gasteiger partial charge on any atom is -0.486 e. The number of benzene rings is 3. The van der Waals surface area contributed by atoms with Gasteiger partial charge in [-0.05, 0) is 30.2 Å². The van der Waals surface area contributed by atoms with Crippen LogP contribution in [0.1, 0.15) is 27.8 Å². The molecule has 2 heterocycles. The maximum absolute atomic E-state index is 5.92. The normalized spacial score (nSPS) is 15.4. The highest BCUT2D eigenvalue weighted by Gasteiger charge is 2.30. The van der Waals surface area contributed by atoms with E-state index in [4.69, 9.17) is 9.84 Å². The standard InChI is InChI=1S/C24H20N4OS/c1-17-12-14-20(15-13-17)29-16-21-25-26-24-28(21)27-22(18-8-4-2-5-9-18)23(30-24)19-10-6-3-7-11-19/h2-15,23H,16H2,1H3/t23-/m0/s1. The van der Waals surface area contributed by atoms with E-state index in [-0.39, 0.29) is 5.25 Å². The third-order valence-electron chi connectivity index (χ3n) is 4.92. The van der Waals surface area contributed by atoms with Crippen molar-refractivity contribution in [3.8, 4) is 5.75 Å². The molecule has 0 radical (unpaired) electrons. The van der Waals surface area contributed by atoms with Gasteiger partial charge in [0.15, 0.2) is 5.82 Å². The molecule has 30 heavy (non-hydrogen) atoms. The van der Waals surface area contributed by atoms with Crippen LogP contribution >= 0.6 is 11.8 Å². The fourth-order valence-electron chi connectivity index (χ4n) is 3.34. The van der Waals surface area contributed by atoms with Crippen molar-refractivity contribution in [3.63, 3.8) is 0 Å².